The molecule has 4 heterocycles. The molecule has 0 spiro atoms. The SMILES string of the molecule is CNC(=O)c1cc2c(N3CC[C@@H](c4cc(C(=O)Nc5cncc(C(F)(F)F)c5)ccc4C)C3)ncnc2s1. The minimum atomic E-state index is -4.55. The van der Waals surface area contributed by atoms with Gasteiger partial charge in [-0.25, -0.2) is 9.97 Å². The number of nitrogens with zero attached hydrogens (tertiary/aromatic N) is 4. The number of carbonyl (C=O) groups is 2. The van der Waals surface area contributed by atoms with Crippen LogP contribution in [0, 0.1) is 6.92 Å². The second-order valence-electron chi connectivity index (χ2n) is 9.02. The molecule has 2 amide bonds. The van der Waals surface area contributed by atoms with Crippen molar-refractivity contribution < 1.29 is 22.8 Å². The van der Waals surface area contributed by atoms with Crippen LogP contribution < -0.4 is 15.5 Å². The van der Waals surface area contributed by atoms with Gasteiger partial charge in [-0.3, -0.25) is 14.6 Å². The molecule has 1 aliphatic heterocycles. The summed E-state index contributed by atoms with van der Waals surface area (Å²) in [6.07, 6.45) is -0.345. The average Bonchev–Trinajstić information content (AvgIpc) is 3.56. The van der Waals surface area contributed by atoms with Gasteiger partial charge in [0.2, 0.25) is 0 Å². The van der Waals surface area contributed by atoms with Crippen molar-refractivity contribution in [2.75, 3.05) is 30.4 Å². The zero-order valence-electron chi connectivity index (χ0n) is 20.5. The number of anilines is 2. The molecule has 1 atom stereocenters. The minimum Gasteiger partial charge on any atom is -0.355 e. The Morgan fingerprint density at radius 1 is 1.11 bits per heavy atom. The van der Waals surface area contributed by atoms with Crippen LogP contribution in [0.1, 0.15) is 49.1 Å². The van der Waals surface area contributed by atoms with E-state index in [0.29, 0.717) is 23.2 Å². The lowest BCUT2D eigenvalue weighted by molar-refractivity contribution is -0.137. The van der Waals surface area contributed by atoms with Crippen molar-refractivity contribution >= 4 is 44.9 Å². The summed E-state index contributed by atoms with van der Waals surface area (Å²) in [6.45, 7) is 3.35. The van der Waals surface area contributed by atoms with Crippen molar-refractivity contribution in [3.8, 4) is 0 Å². The number of aryl methyl sites for hydroxylation is 1. The van der Waals surface area contributed by atoms with Crippen LogP contribution in [0.2, 0.25) is 0 Å². The number of alkyl halides is 3. The molecule has 5 rings (SSSR count). The number of carbonyl (C=O) groups excluding carboxylic acids is 2. The van der Waals surface area contributed by atoms with Crippen LogP contribution in [0.25, 0.3) is 10.2 Å². The summed E-state index contributed by atoms with van der Waals surface area (Å²) < 4.78 is 39.0. The number of nitrogens with one attached hydrogen (secondary N) is 2. The maximum atomic E-state index is 13.0. The number of fused-ring (bicyclic) bond motifs is 1. The largest absolute Gasteiger partial charge is 0.417 e. The van der Waals surface area contributed by atoms with E-state index in [4.69, 9.17) is 0 Å². The van der Waals surface area contributed by atoms with E-state index < -0.39 is 17.6 Å². The monoisotopic (exact) mass is 540 g/mol. The van der Waals surface area contributed by atoms with E-state index in [1.165, 1.54) is 23.9 Å². The lowest BCUT2D eigenvalue weighted by atomic mass is 9.92. The van der Waals surface area contributed by atoms with E-state index in [1.54, 1.807) is 25.2 Å². The lowest BCUT2D eigenvalue weighted by Crippen LogP contribution is -2.21. The quantitative estimate of drug-likeness (QED) is 0.369. The number of pyridine rings is 1. The van der Waals surface area contributed by atoms with Crippen molar-refractivity contribution in [3.63, 3.8) is 0 Å². The van der Waals surface area contributed by atoms with Crippen molar-refractivity contribution in [3.05, 3.63) is 76.2 Å². The molecule has 0 bridgehead atoms. The zero-order valence-corrected chi connectivity index (χ0v) is 21.3. The summed E-state index contributed by atoms with van der Waals surface area (Å²) in [4.78, 5) is 40.8. The van der Waals surface area contributed by atoms with Gasteiger partial charge in [-0.2, -0.15) is 13.2 Å². The van der Waals surface area contributed by atoms with E-state index in [0.717, 1.165) is 46.2 Å². The number of benzene rings is 1. The highest BCUT2D eigenvalue weighted by molar-refractivity contribution is 7.20. The molecule has 1 saturated heterocycles. The molecule has 0 unspecified atom stereocenters. The summed E-state index contributed by atoms with van der Waals surface area (Å²) in [7, 11) is 1.58. The molecular weight excluding hydrogens is 517 g/mol. The second-order valence-corrected chi connectivity index (χ2v) is 10.1. The number of thiophene rings is 1. The maximum absolute atomic E-state index is 13.0. The normalized spacial score (nSPS) is 15.6. The summed E-state index contributed by atoms with van der Waals surface area (Å²) in [5.74, 6) is 0.178. The summed E-state index contributed by atoms with van der Waals surface area (Å²) in [5.41, 5.74) is 1.39. The number of halogens is 3. The fraction of sp³-hybridized carbons (Fsp3) is 0.269. The van der Waals surface area contributed by atoms with E-state index in [9.17, 15) is 22.8 Å². The topological polar surface area (TPSA) is 100 Å². The van der Waals surface area contributed by atoms with Crippen LogP contribution >= 0.6 is 11.3 Å². The molecule has 1 fully saturated rings. The first-order chi connectivity index (χ1) is 18.1. The van der Waals surface area contributed by atoms with Crippen molar-refractivity contribution in [1.82, 2.24) is 20.3 Å². The Morgan fingerprint density at radius 2 is 1.92 bits per heavy atom. The Labute approximate surface area is 219 Å². The van der Waals surface area contributed by atoms with Crippen molar-refractivity contribution in [2.24, 2.45) is 0 Å². The first kappa shape index (κ1) is 25.6. The molecule has 2 N–H and O–H groups in total. The van der Waals surface area contributed by atoms with Gasteiger partial charge in [-0.05, 0) is 48.7 Å². The van der Waals surface area contributed by atoms with Gasteiger partial charge in [-0.1, -0.05) is 6.07 Å². The fourth-order valence-electron chi connectivity index (χ4n) is 4.62. The molecule has 1 aromatic carbocycles. The van der Waals surface area contributed by atoms with Gasteiger partial charge in [0.15, 0.2) is 0 Å². The maximum Gasteiger partial charge on any atom is 0.417 e. The molecule has 3 aromatic heterocycles. The fourth-order valence-corrected chi connectivity index (χ4v) is 5.56. The van der Waals surface area contributed by atoms with Crippen LogP contribution in [0.3, 0.4) is 0 Å². The third-order valence-electron chi connectivity index (χ3n) is 6.55. The van der Waals surface area contributed by atoms with Crippen LogP contribution in [0.5, 0.6) is 0 Å². The van der Waals surface area contributed by atoms with Crippen molar-refractivity contribution in [2.45, 2.75) is 25.4 Å². The minimum absolute atomic E-state index is 0.0290. The van der Waals surface area contributed by atoms with Crippen LogP contribution in [-0.2, 0) is 6.18 Å². The van der Waals surface area contributed by atoms with Gasteiger partial charge >= 0.3 is 6.18 Å². The summed E-state index contributed by atoms with van der Waals surface area (Å²) in [6, 6.07) is 7.96. The van der Waals surface area contributed by atoms with Crippen LogP contribution in [-0.4, -0.2) is 46.9 Å². The van der Waals surface area contributed by atoms with Gasteiger partial charge in [-0.15, -0.1) is 11.3 Å². The molecule has 12 heteroatoms. The van der Waals surface area contributed by atoms with Gasteiger partial charge in [0.25, 0.3) is 11.8 Å². The van der Waals surface area contributed by atoms with Crippen LogP contribution in [0.15, 0.2) is 49.1 Å². The average molecular weight is 541 g/mol. The Morgan fingerprint density at radius 3 is 2.68 bits per heavy atom. The van der Waals surface area contributed by atoms with Crippen molar-refractivity contribution in [1.29, 1.82) is 0 Å². The molecule has 0 radical (unpaired) electrons. The Balaban J connectivity index is 1.36. The van der Waals surface area contributed by atoms with Gasteiger partial charge in [0.05, 0.1) is 27.7 Å². The Bertz CT molecular complexity index is 1540. The number of aromatic nitrogens is 3. The number of amides is 2. The molecular formula is C26H23F3N6O2S. The number of hydrogen-bond donors (Lipinski definition) is 2. The number of rotatable bonds is 5. The molecule has 1 aliphatic rings. The standard InChI is InChI=1S/C26H23F3N6O2S/c1-14-3-4-15(23(36)34-18-8-17(10-31-11-18)26(27,28)29)7-19(14)16-5-6-35(12-16)22-20-9-21(24(37)30-2)38-25(20)33-13-32-22/h3-4,7-11,13,16H,5-6,12H2,1-2H3,(H,30,37)(H,34,36)/t16-/m1/s1. The molecule has 4 aromatic rings. The molecule has 38 heavy (non-hydrogen) atoms. The second kappa shape index (κ2) is 10.0. The predicted octanol–water partition coefficient (Wildman–Crippen LogP) is 5.02. The van der Waals surface area contributed by atoms with E-state index in [2.05, 4.69) is 30.5 Å². The zero-order chi connectivity index (χ0) is 27.0. The van der Waals surface area contributed by atoms with Gasteiger partial charge < -0.3 is 15.5 Å². The van der Waals surface area contributed by atoms with E-state index in [1.807, 2.05) is 13.0 Å². The first-order valence-corrected chi connectivity index (χ1v) is 12.6. The van der Waals surface area contributed by atoms with Gasteiger partial charge in [0, 0.05) is 37.8 Å². The molecule has 8 nitrogen and oxygen atoms in total. The third-order valence-corrected chi connectivity index (χ3v) is 7.59. The highest BCUT2D eigenvalue weighted by Gasteiger charge is 2.31. The summed E-state index contributed by atoms with van der Waals surface area (Å²) in [5, 5.41) is 5.96. The predicted molar refractivity (Wildman–Crippen MR) is 139 cm³/mol. The first-order valence-electron chi connectivity index (χ1n) is 11.8. The molecule has 0 aliphatic carbocycles. The van der Waals surface area contributed by atoms with Crippen LogP contribution in [0.4, 0.5) is 24.7 Å². The number of hydrogen-bond acceptors (Lipinski definition) is 7. The highest BCUT2D eigenvalue weighted by atomic mass is 32.1. The molecule has 0 saturated carbocycles. The Hall–Kier alpha value is -4.06. The highest BCUT2D eigenvalue weighted by Crippen LogP contribution is 2.37. The van der Waals surface area contributed by atoms with Gasteiger partial charge in [0.1, 0.15) is 17.0 Å². The third kappa shape index (κ3) is 5.03. The van der Waals surface area contributed by atoms with E-state index >= 15 is 0 Å². The molecule has 196 valence electrons. The van der Waals surface area contributed by atoms with E-state index in [-0.39, 0.29) is 17.5 Å². The lowest BCUT2D eigenvalue weighted by Gasteiger charge is -2.19. The Kier molecular flexibility index (Phi) is 6.74. The summed E-state index contributed by atoms with van der Waals surface area (Å²) >= 11 is 1.31. The smallest absolute Gasteiger partial charge is 0.355 e.